The quantitative estimate of drug-likeness (QED) is 0.446. The van der Waals surface area contributed by atoms with Gasteiger partial charge in [-0.3, -0.25) is 4.79 Å². The number of ether oxygens (including phenoxy) is 3. The van der Waals surface area contributed by atoms with Crippen LogP contribution in [-0.2, 0) is 16.8 Å². The van der Waals surface area contributed by atoms with E-state index in [1.165, 1.54) is 0 Å². The highest BCUT2D eigenvalue weighted by atomic mass is 16.7. The maximum atomic E-state index is 12.2. The second kappa shape index (κ2) is 6.98. The Morgan fingerprint density at radius 1 is 0.938 bits per heavy atom. The van der Waals surface area contributed by atoms with Crippen molar-refractivity contribution in [1.82, 2.24) is 10.3 Å². The zero-order chi connectivity index (χ0) is 21.7. The number of aromatic nitrogens is 2. The first-order valence-electron chi connectivity index (χ1n) is 10.3. The smallest absolute Gasteiger partial charge is 0.231 e. The van der Waals surface area contributed by atoms with E-state index in [9.17, 15) is 4.79 Å². The summed E-state index contributed by atoms with van der Waals surface area (Å²) >= 11 is 0. The summed E-state index contributed by atoms with van der Waals surface area (Å²) in [5, 5.41) is 7.74. The molecule has 1 atom stereocenters. The number of fused-ring (bicyclic) bond motifs is 3. The second-order valence-electron chi connectivity index (χ2n) is 8.16. The molecule has 3 heterocycles. The summed E-state index contributed by atoms with van der Waals surface area (Å²) in [7, 11) is 0. The molecule has 6 rings (SSSR count). The van der Waals surface area contributed by atoms with E-state index in [1.807, 2.05) is 54.6 Å². The Hall–Kier alpha value is -4.07. The fourth-order valence-electron chi connectivity index (χ4n) is 4.49. The van der Waals surface area contributed by atoms with Crippen LogP contribution in [0.5, 0.6) is 17.2 Å². The molecule has 0 radical (unpaired) electrons. The SMILES string of the molecule is CC1(c2ccccc2N(C=O)Cc2ccc3nonc3c2)COc2cc3c(cc21)OCO3. The van der Waals surface area contributed by atoms with Crippen LogP contribution in [-0.4, -0.2) is 30.1 Å². The molecule has 0 bridgehead atoms. The van der Waals surface area contributed by atoms with Gasteiger partial charge in [-0.1, -0.05) is 24.3 Å². The normalized spacial score (nSPS) is 18.4. The molecule has 0 saturated carbocycles. The summed E-state index contributed by atoms with van der Waals surface area (Å²) in [5.74, 6) is 2.17. The Morgan fingerprint density at radius 3 is 2.62 bits per heavy atom. The van der Waals surface area contributed by atoms with Crippen LogP contribution in [0.2, 0.25) is 0 Å². The van der Waals surface area contributed by atoms with Crippen molar-refractivity contribution in [3.05, 3.63) is 71.3 Å². The van der Waals surface area contributed by atoms with Crippen LogP contribution in [0.3, 0.4) is 0 Å². The molecule has 8 nitrogen and oxygen atoms in total. The van der Waals surface area contributed by atoms with E-state index in [0.717, 1.165) is 34.5 Å². The Bertz CT molecular complexity index is 1350. The van der Waals surface area contributed by atoms with Gasteiger partial charge in [0.25, 0.3) is 0 Å². The Morgan fingerprint density at radius 2 is 1.75 bits per heavy atom. The highest BCUT2D eigenvalue weighted by molar-refractivity contribution is 5.80. The molecule has 0 N–H and O–H groups in total. The standard InChI is InChI=1S/C24H19N3O5/c1-24(12-29-21-10-23-22(9-17(21)24)30-14-31-23)16-4-2-3-5-20(16)27(13-28)11-15-6-7-18-19(8-15)26-32-25-18/h2-10,13H,11-12,14H2,1H3. The zero-order valence-electron chi connectivity index (χ0n) is 17.3. The Kier molecular flexibility index (Phi) is 4.07. The lowest BCUT2D eigenvalue weighted by atomic mass is 9.77. The molecule has 160 valence electrons. The molecule has 32 heavy (non-hydrogen) atoms. The number of anilines is 1. The molecule has 1 amide bonds. The number of benzene rings is 3. The average molecular weight is 429 g/mol. The van der Waals surface area contributed by atoms with E-state index in [0.29, 0.717) is 35.7 Å². The predicted molar refractivity (Wildman–Crippen MR) is 115 cm³/mol. The summed E-state index contributed by atoms with van der Waals surface area (Å²) in [5.41, 5.74) is 4.61. The number of hydrogen-bond donors (Lipinski definition) is 0. The van der Waals surface area contributed by atoms with Gasteiger partial charge in [-0.2, -0.15) is 0 Å². The topological polar surface area (TPSA) is 86.9 Å². The predicted octanol–water partition coefficient (Wildman–Crippen LogP) is 3.81. The van der Waals surface area contributed by atoms with Gasteiger partial charge in [0.2, 0.25) is 13.2 Å². The number of carbonyl (C=O) groups excluding carboxylic acids is 1. The minimum absolute atomic E-state index is 0.204. The third-order valence-corrected chi connectivity index (χ3v) is 6.19. The summed E-state index contributed by atoms with van der Waals surface area (Å²) in [4.78, 5) is 13.9. The van der Waals surface area contributed by atoms with E-state index in [2.05, 4.69) is 17.2 Å². The highest BCUT2D eigenvalue weighted by Crippen LogP contribution is 2.50. The van der Waals surface area contributed by atoms with Crippen molar-refractivity contribution < 1.29 is 23.6 Å². The minimum Gasteiger partial charge on any atom is -0.492 e. The molecule has 0 fully saturated rings. The summed E-state index contributed by atoms with van der Waals surface area (Å²) < 4.78 is 21.9. The Labute approximate surface area is 183 Å². The highest BCUT2D eigenvalue weighted by Gasteiger charge is 2.41. The van der Waals surface area contributed by atoms with Crippen molar-refractivity contribution in [2.45, 2.75) is 18.9 Å². The van der Waals surface area contributed by atoms with Crippen LogP contribution in [0.1, 0.15) is 23.6 Å². The molecule has 3 aromatic carbocycles. The van der Waals surface area contributed by atoms with Crippen LogP contribution in [0.15, 0.2) is 59.2 Å². The van der Waals surface area contributed by atoms with Crippen molar-refractivity contribution in [1.29, 1.82) is 0 Å². The fraction of sp³-hybridized carbons (Fsp3) is 0.208. The lowest BCUT2D eigenvalue weighted by Gasteiger charge is -2.30. The van der Waals surface area contributed by atoms with E-state index in [4.69, 9.17) is 18.8 Å². The monoisotopic (exact) mass is 429 g/mol. The fourth-order valence-corrected chi connectivity index (χ4v) is 4.49. The molecule has 0 saturated heterocycles. The molecular formula is C24H19N3O5. The van der Waals surface area contributed by atoms with Crippen molar-refractivity contribution >= 4 is 23.1 Å². The number of rotatable bonds is 5. The third kappa shape index (κ3) is 2.80. The van der Waals surface area contributed by atoms with E-state index in [1.54, 1.807) is 4.90 Å². The molecule has 4 aromatic rings. The zero-order valence-corrected chi connectivity index (χ0v) is 17.3. The van der Waals surface area contributed by atoms with E-state index < -0.39 is 5.41 Å². The lowest BCUT2D eigenvalue weighted by Crippen LogP contribution is -2.30. The average Bonchev–Trinajstić information content (AvgIpc) is 3.55. The van der Waals surface area contributed by atoms with Gasteiger partial charge in [-0.15, -0.1) is 0 Å². The molecule has 0 aliphatic carbocycles. The lowest BCUT2D eigenvalue weighted by molar-refractivity contribution is -0.107. The van der Waals surface area contributed by atoms with Gasteiger partial charge < -0.3 is 19.1 Å². The van der Waals surface area contributed by atoms with Crippen LogP contribution in [0.4, 0.5) is 5.69 Å². The molecular weight excluding hydrogens is 410 g/mol. The van der Waals surface area contributed by atoms with Gasteiger partial charge in [0.05, 0.1) is 12.0 Å². The van der Waals surface area contributed by atoms with Crippen LogP contribution >= 0.6 is 0 Å². The number of nitrogens with zero attached hydrogens (tertiary/aromatic N) is 3. The van der Waals surface area contributed by atoms with Gasteiger partial charge in [-0.25, -0.2) is 4.63 Å². The van der Waals surface area contributed by atoms with Crippen LogP contribution in [0, 0.1) is 0 Å². The summed E-state index contributed by atoms with van der Waals surface area (Å²) in [6.45, 7) is 3.16. The van der Waals surface area contributed by atoms with Gasteiger partial charge in [0.1, 0.15) is 23.4 Å². The van der Waals surface area contributed by atoms with Crippen LogP contribution < -0.4 is 19.1 Å². The number of amides is 1. The number of para-hydroxylation sites is 1. The maximum Gasteiger partial charge on any atom is 0.231 e. The molecule has 8 heteroatoms. The third-order valence-electron chi connectivity index (χ3n) is 6.19. The first-order valence-corrected chi connectivity index (χ1v) is 10.3. The van der Waals surface area contributed by atoms with Gasteiger partial charge >= 0.3 is 0 Å². The first kappa shape index (κ1) is 18.7. The Balaban J connectivity index is 1.40. The number of carbonyl (C=O) groups is 1. The van der Waals surface area contributed by atoms with Crippen molar-refractivity contribution in [2.24, 2.45) is 0 Å². The van der Waals surface area contributed by atoms with Gasteiger partial charge in [0, 0.05) is 17.3 Å². The first-order chi connectivity index (χ1) is 15.7. The van der Waals surface area contributed by atoms with Gasteiger partial charge in [0.15, 0.2) is 11.5 Å². The van der Waals surface area contributed by atoms with Crippen LogP contribution in [0.25, 0.3) is 11.0 Å². The molecule has 2 aliphatic heterocycles. The summed E-state index contributed by atoms with van der Waals surface area (Å²) in [6.07, 6.45) is 0.851. The van der Waals surface area contributed by atoms with Crippen molar-refractivity contribution in [3.8, 4) is 17.2 Å². The van der Waals surface area contributed by atoms with Gasteiger partial charge in [-0.05, 0) is 52.6 Å². The molecule has 2 aliphatic rings. The molecule has 0 spiro atoms. The largest absolute Gasteiger partial charge is 0.492 e. The summed E-state index contributed by atoms with van der Waals surface area (Å²) in [6, 6.07) is 17.4. The van der Waals surface area contributed by atoms with E-state index in [-0.39, 0.29) is 6.79 Å². The maximum absolute atomic E-state index is 12.2. The minimum atomic E-state index is -0.464. The van der Waals surface area contributed by atoms with Crippen molar-refractivity contribution in [3.63, 3.8) is 0 Å². The van der Waals surface area contributed by atoms with Crippen molar-refractivity contribution in [2.75, 3.05) is 18.3 Å². The molecule has 1 unspecified atom stereocenters. The van der Waals surface area contributed by atoms with E-state index >= 15 is 0 Å². The molecule has 1 aromatic heterocycles. The number of hydrogen-bond acceptors (Lipinski definition) is 7. The second-order valence-corrected chi connectivity index (χ2v) is 8.16.